The Hall–Kier alpha value is -1.95. The van der Waals surface area contributed by atoms with Gasteiger partial charge in [0.25, 0.3) is 0 Å². The van der Waals surface area contributed by atoms with E-state index in [-0.39, 0.29) is 12.0 Å². The zero-order valence-electron chi connectivity index (χ0n) is 11.2. The highest BCUT2D eigenvalue weighted by Crippen LogP contribution is 2.28. The predicted molar refractivity (Wildman–Crippen MR) is 82.0 cm³/mol. The number of nitrogens with two attached hydrogens (primary N) is 1. The van der Waals surface area contributed by atoms with E-state index in [2.05, 4.69) is 21.2 Å². The van der Waals surface area contributed by atoms with Crippen LogP contribution < -0.4 is 11.1 Å². The molecule has 0 bridgehead atoms. The number of halogens is 3. The molecule has 0 spiro atoms. The lowest BCUT2D eigenvalue weighted by atomic mass is 10.1. The third-order valence-electron chi connectivity index (χ3n) is 3.01. The van der Waals surface area contributed by atoms with Gasteiger partial charge in [0.15, 0.2) is 11.6 Å². The maximum absolute atomic E-state index is 13.5. The Labute approximate surface area is 129 Å². The smallest absolute Gasteiger partial charge is 0.228 e. The Morgan fingerprint density at radius 2 is 2.05 bits per heavy atom. The molecule has 2 rings (SSSR count). The lowest BCUT2D eigenvalue weighted by Gasteiger charge is -2.10. The standard InChI is InChI=1S/C15H13BrF2N2O/c1-8-5-10(16)13(7-12(8)19)20-14(21)6-9-3-2-4-11(17)15(9)18/h2-5,7H,6,19H2,1H3,(H,20,21). The van der Waals surface area contributed by atoms with Crippen molar-refractivity contribution in [2.75, 3.05) is 11.1 Å². The van der Waals surface area contributed by atoms with Gasteiger partial charge < -0.3 is 11.1 Å². The summed E-state index contributed by atoms with van der Waals surface area (Å²) in [6, 6.07) is 7.12. The number of nitrogens with one attached hydrogen (secondary N) is 1. The van der Waals surface area contributed by atoms with E-state index in [9.17, 15) is 13.6 Å². The van der Waals surface area contributed by atoms with Crippen LogP contribution in [0.15, 0.2) is 34.8 Å². The van der Waals surface area contributed by atoms with Gasteiger partial charge in [0.05, 0.1) is 12.1 Å². The van der Waals surface area contributed by atoms with Gasteiger partial charge in [-0.2, -0.15) is 0 Å². The number of benzene rings is 2. The quantitative estimate of drug-likeness (QED) is 0.823. The number of nitrogen functional groups attached to an aromatic ring is 1. The Morgan fingerprint density at radius 1 is 1.33 bits per heavy atom. The fourth-order valence-electron chi connectivity index (χ4n) is 1.84. The van der Waals surface area contributed by atoms with Gasteiger partial charge in [-0.05, 0) is 46.6 Å². The van der Waals surface area contributed by atoms with Crippen molar-refractivity contribution in [1.82, 2.24) is 0 Å². The third-order valence-corrected chi connectivity index (χ3v) is 3.67. The molecule has 0 aromatic heterocycles. The SMILES string of the molecule is Cc1cc(Br)c(NC(=O)Cc2cccc(F)c2F)cc1N. The van der Waals surface area contributed by atoms with Crippen molar-refractivity contribution in [2.24, 2.45) is 0 Å². The number of hydrogen-bond donors (Lipinski definition) is 2. The molecule has 2 aromatic carbocycles. The predicted octanol–water partition coefficient (Wildman–Crippen LogP) is 3.80. The average molecular weight is 355 g/mol. The first kappa shape index (κ1) is 15.4. The lowest BCUT2D eigenvalue weighted by molar-refractivity contribution is -0.115. The summed E-state index contributed by atoms with van der Waals surface area (Å²) < 4.78 is 27.3. The van der Waals surface area contributed by atoms with Crippen molar-refractivity contribution in [3.8, 4) is 0 Å². The van der Waals surface area contributed by atoms with E-state index in [0.717, 1.165) is 11.6 Å². The molecule has 0 unspecified atom stereocenters. The first-order valence-corrected chi connectivity index (χ1v) is 6.96. The van der Waals surface area contributed by atoms with E-state index in [4.69, 9.17) is 5.73 Å². The average Bonchev–Trinajstić information content (AvgIpc) is 2.41. The maximum atomic E-state index is 13.5. The van der Waals surface area contributed by atoms with E-state index in [1.165, 1.54) is 12.1 Å². The minimum atomic E-state index is -1.00. The summed E-state index contributed by atoms with van der Waals surface area (Å²) in [6.07, 6.45) is -0.260. The molecule has 0 atom stereocenters. The van der Waals surface area contributed by atoms with Crippen molar-refractivity contribution in [3.63, 3.8) is 0 Å². The summed E-state index contributed by atoms with van der Waals surface area (Å²) in [4.78, 5) is 11.9. The fraction of sp³-hybridized carbons (Fsp3) is 0.133. The molecule has 0 heterocycles. The van der Waals surface area contributed by atoms with Gasteiger partial charge in [-0.15, -0.1) is 0 Å². The molecule has 0 radical (unpaired) electrons. The lowest BCUT2D eigenvalue weighted by Crippen LogP contribution is -2.16. The van der Waals surface area contributed by atoms with E-state index in [1.54, 1.807) is 12.1 Å². The van der Waals surface area contributed by atoms with E-state index >= 15 is 0 Å². The van der Waals surface area contributed by atoms with Crippen molar-refractivity contribution >= 4 is 33.2 Å². The largest absolute Gasteiger partial charge is 0.398 e. The normalized spacial score (nSPS) is 10.5. The second-order valence-corrected chi connectivity index (χ2v) is 5.48. The van der Waals surface area contributed by atoms with Crippen LogP contribution in [0.2, 0.25) is 0 Å². The van der Waals surface area contributed by atoms with Crippen molar-refractivity contribution < 1.29 is 13.6 Å². The van der Waals surface area contributed by atoms with Crippen LogP contribution in [0.1, 0.15) is 11.1 Å². The molecule has 0 aliphatic rings. The molecule has 2 aromatic rings. The summed E-state index contributed by atoms with van der Waals surface area (Å²) in [7, 11) is 0. The Bertz CT molecular complexity index is 704. The molecular weight excluding hydrogens is 342 g/mol. The summed E-state index contributed by atoms with van der Waals surface area (Å²) in [5.41, 5.74) is 7.67. The van der Waals surface area contributed by atoms with E-state index in [0.29, 0.717) is 15.8 Å². The van der Waals surface area contributed by atoms with Crippen LogP contribution >= 0.6 is 15.9 Å². The molecule has 3 nitrogen and oxygen atoms in total. The highest BCUT2D eigenvalue weighted by atomic mass is 79.9. The Balaban J connectivity index is 2.16. The van der Waals surface area contributed by atoms with E-state index in [1.807, 2.05) is 6.92 Å². The second-order valence-electron chi connectivity index (χ2n) is 4.63. The minimum absolute atomic E-state index is 0.00343. The second kappa shape index (κ2) is 6.22. The number of carbonyl (C=O) groups excluding carboxylic acids is 1. The monoisotopic (exact) mass is 354 g/mol. The Morgan fingerprint density at radius 3 is 2.76 bits per heavy atom. The summed E-state index contributed by atoms with van der Waals surface area (Å²) in [5.74, 6) is -2.43. The van der Waals surface area contributed by atoms with Crippen LogP contribution in [0.3, 0.4) is 0 Å². The van der Waals surface area contributed by atoms with Crippen LogP contribution in [0.5, 0.6) is 0 Å². The van der Waals surface area contributed by atoms with Crippen LogP contribution in [-0.2, 0) is 11.2 Å². The van der Waals surface area contributed by atoms with Crippen LogP contribution in [0.4, 0.5) is 20.2 Å². The zero-order valence-corrected chi connectivity index (χ0v) is 12.8. The summed E-state index contributed by atoms with van der Waals surface area (Å²) >= 11 is 3.32. The van der Waals surface area contributed by atoms with Crippen molar-refractivity contribution in [2.45, 2.75) is 13.3 Å². The highest BCUT2D eigenvalue weighted by molar-refractivity contribution is 9.10. The zero-order chi connectivity index (χ0) is 15.6. The third kappa shape index (κ3) is 3.58. The van der Waals surface area contributed by atoms with Crippen molar-refractivity contribution in [3.05, 3.63) is 57.6 Å². The molecule has 0 aliphatic carbocycles. The Kier molecular flexibility index (Phi) is 4.57. The molecule has 0 aliphatic heterocycles. The maximum Gasteiger partial charge on any atom is 0.228 e. The fourth-order valence-corrected chi connectivity index (χ4v) is 2.39. The first-order chi connectivity index (χ1) is 9.88. The van der Waals surface area contributed by atoms with Crippen LogP contribution in [0, 0.1) is 18.6 Å². The van der Waals surface area contributed by atoms with Gasteiger partial charge in [0.1, 0.15) is 0 Å². The molecular formula is C15H13BrF2N2O. The topological polar surface area (TPSA) is 55.1 Å². The van der Waals surface area contributed by atoms with Gasteiger partial charge in [0.2, 0.25) is 5.91 Å². The number of carbonyl (C=O) groups is 1. The number of amides is 1. The van der Waals surface area contributed by atoms with Crippen molar-refractivity contribution in [1.29, 1.82) is 0 Å². The highest BCUT2D eigenvalue weighted by Gasteiger charge is 2.13. The number of rotatable bonds is 3. The van der Waals surface area contributed by atoms with Crippen LogP contribution in [0.25, 0.3) is 0 Å². The molecule has 21 heavy (non-hydrogen) atoms. The van der Waals surface area contributed by atoms with Crippen LogP contribution in [-0.4, -0.2) is 5.91 Å². The molecule has 0 saturated carbocycles. The number of anilines is 2. The summed E-state index contributed by atoms with van der Waals surface area (Å²) in [5, 5.41) is 2.62. The van der Waals surface area contributed by atoms with Gasteiger partial charge in [0, 0.05) is 15.7 Å². The van der Waals surface area contributed by atoms with E-state index < -0.39 is 17.5 Å². The minimum Gasteiger partial charge on any atom is -0.398 e. The molecule has 6 heteroatoms. The van der Waals surface area contributed by atoms with Gasteiger partial charge in [-0.1, -0.05) is 12.1 Å². The van der Waals surface area contributed by atoms with Gasteiger partial charge in [-0.25, -0.2) is 8.78 Å². The molecule has 3 N–H and O–H groups in total. The summed E-state index contributed by atoms with van der Waals surface area (Å²) in [6.45, 7) is 1.84. The molecule has 0 fully saturated rings. The van der Waals surface area contributed by atoms with Gasteiger partial charge >= 0.3 is 0 Å². The first-order valence-electron chi connectivity index (χ1n) is 6.17. The molecule has 1 amide bonds. The van der Waals surface area contributed by atoms with Gasteiger partial charge in [-0.3, -0.25) is 4.79 Å². The number of hydrogen-bond acceptors (Lipinski definition) is 2. The molecule has 110 valence electrons. The number of aryl methyl sites for hydroxylation is 1. The molecule has 0 saturated heterocycles.